The Morgan fingerprint density at radius 2 is 1.92 bits per heavy atom. The first-order valence-electron chi connectivity index (χ1n) is 8.32. The fourth-order valence-corrected chi connectivity index (χ4v) is 4.17. The molecule has 6 nitrogen and oxygen atoms in total. The first-order chi connectivity index (χ1) is 12.0. The fourth-order valence-electron chi connectivity index (χ4n) is 3.28. The van der Waals surface area contributed by atoms with Crippen LogP contribution in [0.4, 0.5) is 9.59 Å². The summed E-state index contributed by atoms with van der Waals surface area (Å²) in [5.74, 6) is 0.0421. The topological polar surface area (TPSA) is 78.5 Å². The van der Waals surface area contributed by atoms with Crippen LogP contribution >= 0.6 is 23.4 Å². The minimum atomic E-state index is -0.293. The highest BCUT2D eigenvalue weighted by molar-refractivity contribution is 8.14. The summed E-state index contributed by atoms with van der Waals surface area (Å²) in [6.07, 6.45) is 3.43. The van der Waals surface area contributed by atoms with Gasteiger partial charge in [0.05, 0.1) is 17.8 Å². The van der Waals surface area contributed by atoms with Gasteiger partial charge in [-0.3, -0.25) is 14.5 Å². The van der Waals surface area contributed by atoms with E-state index in [9.17, 15) is 14.4 Å². The Morgan fingerprint density at radius 1 is 1.20 bits per heavy atom. The summed E-state index contributed by atoms with van der Waals surface area (Å²) >= 11 is 6.88. The van der Waals surface area contributed by atoms with Crippen molar-refractivity contribution in [3.63, 3.8) is 0 Å². The van der Waals surface area contributed by atoms with Gasteiger partial charge in [0, 0.05) is 11.6 Å². The number of carbonyl (C=O) groups is 3. The number of hydrogen-bond acceptors (Lipinski definition) is 4. The van der Waals surface area contributed by atoms with Crippen LogP contribution < -0.4 is 10.6 Å². The molecule has 0 aromatic heterocycles. The van der Waals surface area contributed by atoms with Gasteiger partial charge in [-0.15, -0.1) is 0 Å². The Morgan fingerprint density at radius 3 is 2.60 bits per heavy atom. The van der Waals surface area contributed by atoms with Crippen molar-refractivity contribution in [2.24, 2.45) is 0 Å². The third kappa shape index (κ3) is 4.46. The molecule has 0 spiro atoms. The SMILES string of the molecule is O=C(NCc1ccc(Cl)cc1)NC1CCCCC1N1C(=O)CSC1=O. The predicted molar refractivity (Wildman–Crippen MR) is 97.6 cm³/mol. The van der Waals surface area contributed by atoms with Gasteiger partial charge in [-0.25, -0.2) is 4.79 Å². The predicted octanol–water partition coefficient (Wildman–Crippen LogP) is 3.15. The zero-order valence-corrected chi connectivity index (χ0v) is 15.2. The second-order valence-corrected chi connectivity index (χ2v) is 7.59. The average Bonchev–Trinajstić information content (AvgIpc) is 2.94. The maximum absolute atomic E-state index is 12.2. The molecule has 2 N–H and O–H groups in total. The highest BCUT2D eigenvalue weighted by atomic mass is 35.5. The molecule has 8 heteroatoms. The minimum Gasteiger partial charge on any atom is -0.334 e. The summed E-state index contributed by atoms with van der Waals surface area (Å²) in [5.41, 5.74) is 0.945. The molecule has 1 aromatic rings. The molecule has 1 saturated heterocycles. The van der Waals surface area contributed by atoms with Gasteiger partial charge >= 0.3 is 6.03 Å². The largest absolute Gasteiger partial charge is 0.334 e. The summed E-state index contributed by atoms with van der Waals surface area (Å²) in [7, 11) is 0. The van der Waals surface area contributed by atoms with Gasteiger partial charge < -0.3 is 10.6 Å². The molecule has 1 saturated carbocycles. The van der Waals surface area contributed by atoms with Crippen molar-refractivity contribution in [1.29, 1.82) is 0 Å². The van der Waals surface area contributed by atoms with Crippen LogP contribution in [0, 0.1) is 0 Å². The van der Waals surface area contributed by atoms with E-state index in [-0.39, 0.29) is 35.0 Å². The third-order valence-electron chi connectivity index (χ3n) is 4.53. The first-order valence-corrected chi connectivity index (χ1v) is 9.68. The summed E-state index contributed by atoms with van der Waals surface area (Å²) in [6.45, 7) is 0.387. The van der Waals surface area contributed by atoms with Crippen LogP contribution in [0.3, 0.4) is 0 Å². The van der Waals surface area contributed by atoms with Crippen molar-refractivity contribution in [3.05, 3.63) is 34.9 Å². The van der Waals surface area contributed by atoms with E-state index >= 15 is 0 Å². The van der Waals surface area contributed by atoms with Crippen LogP contribution in [0.5, 0.6) is 0 Å². The van der Waals surface area contributed by atoms with E-state index in [1.54, 1.807) is 12.1 Å². The Kier molecular flexibility index (Phi) is 5.86. The van der Waals surface area contributed by atoms with E-state index in [4.69, 9.17) is 11.6 Å². The van der Waals surface area contributed by atoms with E-state index in [2.05, 4.69) is 10.6 Å². The molecule has 1 aromatic carbocycles. The van der Waals surface area contributed by atoms with E-state index in [0.29, 0.717) is 11.6 Å². The highest BCUT2D eigenvalue weighted by Gasteiger charge is 2.41. The molecule has 0 radical (unpaired) electrons. The Labute approximate surface area is 155 Å². The van der Waals surface area contributed by atoms with E-state index in [1.807, 2.05) is 12.1 Å². The number of rotatable bonds is 4. The second kappa shape index (κ2) is 8.10. The van der Waals surface area contributed by atoms with Crippen LogP contribution in [0.25, 0.3) is 0 Å². The molecule has 0 bridgehead atoms. The number of imide groups is 1. The van der Waals surface area contributed by atoms with Gasteiger partial charge in [-0.2, -0.15) is 0 Å². The van der Waals surface area contributed by atoms with Crippen molar-refractivity contribution in [2.75, 3.05) is 5.75 Å². The summed E-state index contributed by atoms with van der Waals surface area (Å²) in [6, 6.07) is 6.51. The maximum Gasteiger partial charge on any atom is 0.315 e. The maximum atomic E-state index is 12.2. The Bertz CT molecular complexity index is 652. The van der Waals surface area contributed by atoms with Crippen LogP contribution in [0.1, 0.15) is 31.2 Å². The van der Waals surface area contributed by atoms with Gasteiger partial charge in [-0.1, -0.05) is 48.3 Å². The number of nitrogens with zero attached hydrogens (tertiary/aromatic N) is 1. The highest BCUT2D eigenvalue weighted by Crippen LogP contribution is 2.30. The summed E-state index contributed by atoms with van der Waals surface area (Å²) in [4.78, 5) is 37.6. The van der Waals surface area contributed by atoms with Crippen LogP contribution in [-0.2, 0) is 11.3 Å². The fraction of sp³-hybridized carbons (Fsp3) is 0.471. The number of urea groups is 1. The lowest BCUT2D eigenvalue weighted by atomic mass is 9.89. The monoisotopic (exact) mass is 381 g/mol. The Hall–Kier alpha value is -1.73. The lowest BCUT2D eigenvalue weighted by Gasteiger charge is -2.36. The molecule has 4 amide bonds. The molecule has 1 aliphatic carbocycles. The van der Waals surface area contributed by atoms with Gasteiger partial charge in [0.1, 0.15) is 0 Å². The number of halogens is 1. The molecule has 3 rings (SSSR count). The number of nitrogens with one attached hydrogen (secondary N) is 2. The number of thioether (sulfide) groups is 1. The normalized spacial score (nSPS) is 23.6. The minimum absolute atomic E-state index is 0.157. The van der Waals surface area contributed by atoms with Gasteiger partial charge in [-0.05, 0) is 30.5 Å². The quantitative estimate of drug-likeness (QED) is 0.839. The van der Waals surface area contributed by atoms with Crippen LogP contribution in [-0.4, -0.2) is 39.9 Å². The van der Waals surface area contributed by atoms with Gasteiger partial charge in [0.15, 0.2) is 0 Å². The lowest BCUT2D eigenvalue weighted by molar-refractivity contribution is -0.127. The first kappa shape index (κ1) is 18.1. The third-order valence-corrected chi connectivity index (χ3v) is 5.62. The van der Waals surface area contributed by atoms with Gasteiger partial charge in [0.2, 0.25) is 5.91 Å². The van der Waals surface area contributed by atoms with E-state index in [1.165, 1.54) is 4.90 Å². The molecule has 2 fully saturated rings. The molecule has 25 heavy (non-hydrogen) atoms. The van der Waals surface area contributed by atoms with Crippen molar-refractivity contribution in [1.82, 2.24) is 15.5 Å². The van der Waals surface area contributed by atoms with E-state index in [0.717, 1.165) is 43.0 Å². The second-order valence-electron chi connectivity index (χ2n) is 6.23. The van der Waals surface area contributed by atoms with Crippen LogP contribution in [0.2, 0.25) is 5.02 Å². The molecule has 1 aliphatic heterocycles. The van der Waals surface area contributed by atoms with Crippen molar-refractivity contribution < 1.29 is 14.4 Å². The smallest absolute Gasteiger partial charge is 0.315 e. The van der Waals surface area contributed by atoms with Gasteiger partial charge in [0.25, 0.3) is 5.24 Å². The zero-order chi connectivity index (χ0) is 17.8. The van der Waals surface area contributed by atoms with Crippen molar-refractivity contribution in [2.45, 2.75) is 44.3 Å². The summed E-state index contributed by atoms with van der Waals surface area (Å²) in [5, 5.41) is 6.20. The average molecular weight is 382 g/mol. The van der Waals surface area contributed by atoms with Crippen LogP contribution in [0.15, 0.2) is 24.3 Å². The molecular weight excluding hydrogens is 362 g/mol. The molecule has 2 aliphatic rings. The number of carbonyl (C=O) groups excluding carboxylic acids is 3. The molecule has 2 atom stereocenters. The van der Waals surface area contributed by atoms with Crippen molar-refractivity contribution >= 4 is 40.5 Å². The molecule has 1 heterocycles. The molecule has 2 unspecified atom stereocenters. The van der Waals surface area contributed by atoms with Crippen molar-refractivity contribution in [3.8, 4) is 0 Å². The number of benzene rings is 1. The standard InChI is InChI=1S/C17H20ClN3O3S/c18-12-7-5-11(6-8-12)9-19-16(23)20-13-3-1-2-4-14(13)21-15(22)10-25-17(21)24/h5-8,13-14H,1-4,9-10H2,(H2,19,20,23). The molecular formula is C17H20ClN3O3S. The van der Waals surface area contributed by atoms with E-state index < -0.39 is 0 Å². The number of amides is 4. The Balaban J connectivity index is 1.57. The summed E-state index contributed by atoms with van der Waals surface area (Å²) < 4.78 is 0. The zero-order valence-electron chi connectivity index (χ0n) is 13.7. The molecule has 134 valence electrons. The number of hydrogen-bond donors (Lipinski definition) is 2. The lowest BCUT2D eigenvalue weighted by Crippen LogP contribution is -2.56.